The molecule has 0 aliphatic heterocycles. The number of nitrogens with zero attached hydrogens (tertiary/aromatic N) is 4. The van der Waals surface area contributed by atoms with Crippen molar-refractivity contribution in [2.75, 3.05) is 0 Å². The van der Waals surface area contributed by atoms with Crippen molar-refractivity contribution in [1.82, 2.24) is 14.3 Å². The van der Waals surface area contributed by atoms with Crippen LogP contribution in [0.1, 0.15) is 23.1 Å². The largest absolute Gasteiger partial charge is 0.303 e. The summed E-state index contributed by atoms with van der Waals surface area (Å²) in [7, 11) is 0. The molecule has 1 amide bonds. The van der Waals surface area contributed by atoms with Crippen LogP contribution in [-0.4, -0.2) is 20.3 Å². The number of amides is 1. The molecule has 0 fully saturated rings. The fraction of sp³-hybridized carbons (Fsp3) is 0.235. The SMILES string of the molecule is C#CCn1c(=NC(=O)c2cc(C)n(CC)n2)sc2c(Cl)ccc(Cl)c21. The van der Waals surface area contributed by atoms with Crippen LogP contribution in [0, 0.1) is 19.3 Å². The molecule has 0 bridgehead atoms. The highest BCUT2D eigenvalue weighted by molar-refractivity contribution is 7.17. The average molecular weight is 393 g/mol. The lowest BCUT2D eigenvalue weighted by molar-refractivity contribution is 0.0992. The number of carbonyl (C=O) groups excluding carboxylic acids is 1. The van der Waals surface area contributed by atoms with Crippen LogP contribution in [0.25, 0.3) is 10.2 Å². The number of halogens is 2. The highest BCUT2D eigenvalue weighted by Gasteiger charge is 2.15. The van der Waals surface area contributed by atoms with Crippen LogP contribution in [0.2, 0.25) is 10.0 Å². The second-order valence-electron chi connectivity index (χ2n) is 5.29. The third-order valence-electron chi connectivity index (χ3n) is 3.67. The van der Waals surface area contributed by atoms with Gasteiger partial charge in [-0.05, 0) is 32.0 Å². The van der Waals surface area contributed by atoms with Crippen LogP contribution in [0.15, 0.2) is 23.2 Å². The van der Waals surface area contributed by atoms with Gasteiger partial charge in [0.15, 0.2) is 10.5 Å². The molecule has 3 rings (SSSR count). The summed E-state index contributed by atoms with van der Waals surface area (Å²) < 4.78 is 4.21. The first-order valence-electron chi connectivity index (χ1n) is 7.50. The number of fused-ring (bicyclic) bond motifs is 1. The van der Waals surface area contributed by atoms with Crippen LogP contribution in [0.3, 0.4) is 0 Å². The van der Waals surface area contributed by atoms with E-state index in [0.29, 0.717) is 32.6 Å². The molecule has 0 spiro atoms. The van der Waals surface area contributed by atoms with Crippen molar-refractivity contribution >= 4 is 50.7 Å². The van der Waals surface area contributed by atoms with Gasteiger partial charge in [-0.2, -0.15) is 10.1 Å². The van der Waals surface area contributed by atoms with Crippen molar-refractivity contribution in [3.63, 3.8) is 0 Å². The Morgan fingerprint density at radius 1 is 1.40 bits per heavy atom. The molecular formula is C17H14Cl2N4OS. The van der Waals surface area contributed by atoms with Gasteiger partial charge in [-0.3, -0.25) is 9.48 Å². The van der Waals surface area contributed by atoms with Gasteiger partial charge in [0.25, 0.3) is 5.91 Å². The van der Waals surface area contributed by atoms with Crippen LogP contribution >= 0.6 is 34.5 Å². The fourth-order valence-electron chi connectivity index (χ4n) is 2.51. The number of hydrogen-bond acceptors (Lipinski definition) is 3. The lowest BCUT2D eigenvalue weighted by atomic mass is 10.3. The zero-order valence-electron chi connectivity index (χ0n) is 13.6. The minimum Gasteiger partial charge on any atom is -0.303 e. The molecule has 5 nitrogen and oxygen atoms in total. The maximum Gasteiger partial charge on any atom is 0.300 e. The van der Waals surface area contributed by atoms with Crippen molar-refractivity contribution < 1.29 is 4.79 Å². The Kier molecular flexibility index (Phi) is 5.00. The van der Waals surface area contributed by atoms with Crippen molar-refractivity contribution in [1.29, 1.82) is 0 Å². The molecule has 8 heteroatoms. The van der Waals surface area contributed by atoms with Crippen molar-refractivity contribution in [3.05, 3.63) is 44.4 Å². The number of carbonyl (C=O) groups is 1. The number of terminal acetylenes is 1. The molecule has 2 heterocycles. The molecule has 0 aliphatic rings. The number of rotatable bonds is 3. The molecule has 3 aromatic rings. The van der Waals surface area contributed by atoms with Crippen LogP contribution in [0.4, 0.5) is 0 Å². The smallest absolute Gasteiger partial charge is 0.300 e. The molecule has 0 atom stereocenters. The Morgan fingerprint density at radius 3 is 2.76 bits per heavy atom. The Hall–Kier alpha value is -2.07. The first kappa shape index (κ1) is 17.7. The van der Waals surface area contributed by atoms with Gasteiger partial charge >= 0.3 is 0 Å². The Labute approximate surface area is 158 Å². The summed E-state index contributed by atoms with van der Waals surface area (Å²) in [5.74, 6) is 2.13. The van der Waals surface area contributed by atoms with Gasteiger partial charge in [-0.15, -0.1) is 6.42 Å². The van der Waals surface area contributed by atoms with Gasteiger partial charge in [-0.25, -0.2) is 0 Å². The van der Waals surface area contributed by atoms with Crippen LogP contribution in [-0.2, 0) is 13.1 Å². The standard InChI is InChI=1S/C17H14Cl2N4OS/c1-4-8-22-14-11(18)6-7-12(19)15(14)25-17(22)20-16(24)13-9-10(3)23(5-2)21-13/h1,6-7,9H,5,8H2,2-3H3. The molecule has 0 radical (unpaired) electrons. The van der Waals surface area contributed by atoms with Crippen LogP contribution in [0.5, 0.6) is 0 Å². The van der Waals surface area contributed by atoms with Gasteiger partial charge in [-0.1, -0.05) is 40.5 Å². The van der Waals surface area contributed by atoms with E-state index in [1.807, 2.05) is 13.8 Å². The third kappa shape index (κ3) is 3.23. The minimum absolute atomic E-state index is 0.231. The summed E-state index contributed by atoms with van der Waals surface area (Å²) in [5, 5.41) is 5.31. The maximum absolute atomic E-state index is 12.5. The summed E-state index contributed by atoms with van der Waals surface area (Å²) in [6, 6.07) is 5.12. The van der Waals surface area contributed by atoms with E-state index in [1.165, 1.54) is 11.3 Å². The van der Waals surface area contributed by atoms with Gasteiger partial charge in [0.1, 0.15) is 0 Å². The zero-order valence-corrected chi connectivity index (χ0v) is 15.9. The van der Waals surface area contributed by atoms with Gasteiger partial charge in [0.2, 0.25) is 0 Å². The normalized spacial score (nSPS) is 11.9. The number of hydrogen-bond donors (Lipinski definition) is 0. The lowest BCUT2D eigenvalue weighted by Gasteiger charge is -2.02. The molecule has 0 unspecified atom stereocenters. The Morgan fingerprint density at radius 2 is 2.12 bits per heavy atom. The quantitative estimate of drug-likeness (QED) is 0.634. The second kappa shape index (κ2) is 7.04. The summed E-state index contributed by atoms with van der Waals surface area (Å²) in [5.41, 5.74) is 1.88. The van der Waals surface area contributed by atoms with E-state index in [2.05, 4.69) is 16.0 Å². The van der Waals surface area contributed by atoms with Crippen molar-refractivity contribution in [3.8, 4) is 12.3 Å². The molecule has 0 saturated carbocycles. The Bertz CT molecular complexity index is 1080. The topological polar surface area (TPSA) is 52.2 Å². The number of thiazole rings is 1. The van der Waals surface area contributed by atoms with E-state index in [4.69, 9.17) is 29.6 Å². The van der Waals surface area contributed by atoms with E-state index in [9.17, 15) is 4.79 Å². The van der Waals surface area contributed by atoms with Crippen LogP contribution < -0.4 is 4.80 Å². The molecule has 1 aromatic carbocycles. The zero-order chi connectivity index (χ0) is 18.1. The molecule has 0 N–H and O–H groups in total. The second-order valence-corrected chi connectivity index (χ2v) is 7.08. The summed E-state index contributed by atoms with van der Waals surface area (Å²) >= 11 is 13.8. The van der Waals surface area contributed by atoms with E-state index in [0.717, 1.165) is 10.4 Å². The molecule has 0 aliphatic carbocycles. The van der Waals surface area contributed by atoms with Gasteiger partial charge < -0.3 is 4.57 Å². The predicted molar refractivity (Wildman–Crippen MR) is 101 cm³/mol. The van der Waals surface area contributed by atoms with E-state index in [-0.39, 0.29) is 6.54 Å². The molecule has 128 valence electrons. The fourth-order valence-corrected chi connectivity index (χ4v) is 4.16. The summed E-state index contributed by atoms with van der Waals surface area (Å²) in [6.07, 6.45) is 5.47. The minimum atomic E-state index is -0.431. The number of aromatic nitrogens is 3. The van der Waals surface area contributed by atoms with E-state index < -0.39 is 5.91 Å². The summed E-state index contributed by atoms with van der Waals surface area (Å²) in [6.45, 7) is 4.77. The van der Waals surface area contributed by atoms with Crippen molar-refractivity contribution in [2.24, 2.45) is 4.99 Å². The predicted octanol–water partition coefficient (Wildman–Crippen LogP) is 3.91. The first-order chi connectivity index (χ1) is 12.0. The van der Waals surface area contributed by atoms with Crippen molar-refractivity contribution in [2.45, 2.75) is 26.9 Å². The summed E-state index contributed by atoms with van der Waals surface area (Å²) in [4.78, 5) is 17.2. The van der Waals surface area contributed by atoms with Gasteiger partial charge in [0, 0.05) is 12.2 Å². The van der Waals surface area contributed by atoms with Gasteiger partial charge in [0.05, 0.1) is 26.8 Å². The first-order valence-corrected chi connectivity index (χ1v) is 9.07. The number of benzene rings is 1. The monoisotopic (exact) mass is 392 g/mol. The highest BCUT2D eigenvalue weighted by atomic mass is 35.5. The van der Waals surface area contributed by atoms with E-state index in [1.54, 1.807) is 27.4 Å². The third-order valence-corrected chi connectivity index (χ3v) is 5.52. The van der Waals surface area contributed by atoms with E-state index >= 15 is 0 Å². The average Bonchev–Trinajstić information content (AvgIpc) is 3.13. The Balaban J connectivity index is 2.20. The molecule has 2 aromatic heterocycles. The molecule has 25 heavy (non-hydrogen) atoms. The highest BCUT2D eigenvalue weighted by Crippen LogP contribution is 2.31. The number of aryl methyl sites for hydroxylation is 2. The lowest BCUT2D eigenvalue weighted by Crippen LogP contribution is -2.17. The molecule has 0 saturated heterocycles. The maximum atomic E-state index is 12.5. The molecular weight excluding hydrogens is 379 g/mol.